The molecule has 0 aliphatic carbocycles. The van der Waals surface area contributed by atoms with Gasteiger partial charge in [0.2, 0.25) is 0 Å². The molecular formula is C11H12FNO3. The Bertz CT molecular complexity index is 406. The highest BCUT2D eigenvalue weighted by molar-refractivity contribution is 6.32. The van der Waals surface area contributed by atoms with E-state index in [0.717, 1.165) is 7.11 Å². The molecule has 0 saturated heterocycles. The van der Waals surface area contributed by atoms with Crippen molar-refractivity contribution in [2.45, 2.75) is 13.0 Å². The Hall–Kier alpha value is -1.91. The van der Waals surface area contributed by atoms with E-state index in [4.69, 9.17) is 0 Å². The van der Waals surface area contributed by atoms with Gasteiger partial charge in [-0.05, 0) is 13.0 Å². The Labute approximate surface area is 92.4 Å². The quantitative estimate of drug-likeness (QED) is 0.607. The number of hydrogen-bond donors (Lipinski definition) is 1. The van der Waals surface area contributed by atoms with Gasteiger partial charge in [0.15, 0.2) is 0 Å². The summed E-state index contributed by atoms with van der Waals surface area (Å²) in [7, 11) is 1.11. The first-order chi connectivity index (χ1) is 7.56. The van der Waals surface area contributed by atoms with Gasteiger partial charge in [-0.15, -0.1) is 0 Å². The molecule has 1 rings (SSSR count). The number of esters is 1. The van der Waals surface area contributed by atoms with Crippen molar-refractivity contribution in [3.05, 3.63) is 35.6 Å². The lowest BCUT2D eigenvalue weighted by molar-refractivity contribution is -0.153. The zero-order valence-corrected chi connectivity index (χ0v) is 8.99. The predicted molar refractivity (Wildman–Crippen MR) is 55.0 cm³/mol. The van der Waals surface area contributed by atoms with Crippen LogP contribution in [-0.2, 0) is 14.3 Å². The number of ether oxygens (including phenoxy) is 1. The van der Waals surface area contributed by atoms with Crippen molar-refractivity contribution < 1.29 is 18.7 Å². The van der Waals surface area contributed by atoms with Crippen LogP contribution >= 0.6 is 0 Å². The molecule has 5 heteroatoms. The molecule has 0 saturated carbocycles. The van der Waals surface area contributed by atoms with Crippen molar-refractivity contribution in [2.75, 3.05) is 7.11 Å². The minimum absolute atomic E-state index is 0.319. The van der Waals surface area contributed by atoms with E-state index in [2.05, 4.69) is 10.1 Å². The molecule has 0 aliphatic rings. The second kappa shape index (κ2) is 5.25. The van der Waals surface area contributed by atoms with Crippen molar-refractivity contribution in [1.29, 1.82) is 0 Å². The number of methoxy groups -OCH3 is 1. The van der Waals surface area contributed by atoms with Crippen molar-refractivity contribution >= 4 is 11.9 Å². The topological polar surface area (TPSA) is 55.4 Å². The van der Waals surface area contributed by atoms with Gasteiger partial charge in [0.05, 0.1) is 13.2 Å². The van der Waals surface area contributed by atoms with E-state index in [1.165, 1.54) is 12.1 Å². The van der Waals surface area contributed by atoms with Gasteiger partial charge in [-0.1, -0.05) is 18.2 Å². The summed E-state index contributed by atoms with van der Waals surface area (Å²) in [6.07, 6.45) is 0. The van der Waals surface area contributed by atoms with Gasteiger partial charge in [-0.2, -0.15) is 0 Å². The Morgan fingerprint density at radius 3 is 2.56 bits per heavy atom. The van der Waals surface area contributed by atoms with E-state index in [9.17, 15) is 14.0 Å². The Morgan fingerprint density at radius 2 is 2.00 bits per heavy atom. The maximum absolute atomic E-state index is 13.3. The van der Waals surface area contributed by atoms with Crippen molar-refractivity contribution in [1.82, 2.24) is 5.32 Å². The molecule has 1 aromatic rings. The Morgan fingerprint density at radius 1 is 1.38 bits per heavy atom. The number of carbonyl (C=O) groups is 2. The Balaban J connectivity index is 2.73. The maximum Gasteiger partial charge on any atom is 0.396 e. The number of amides is 1. The molecule has 0 bridgehead atoms. The fourth-order valence-electron chi connectivity index (χ4n) is 1.25. The van der Waals surface area contributed by atoms with Crippen LogP contribution in [0.5, 0.6) is 0 Å². The fourth-order valence-corrected chi connectivity index (χ4v) is 1.25. The molecule has 1 amide bonds. The number of benzene rings is 1. The molecule has 16 heavy (non-hydrogen) atoms. The minimum atomic E-state index is -0.997. The monoisotopic (exact) mass is 225 g/mol. The van der Waals surface area contributed by atoms with E-state index in [-0.39, 0.29) is 0 Å². The molecule has 0 fully saturated rings. The second-order valence-electron chi connectivity index (χ2n) is 3.21. The average molecular weight is 225 g/mol. The van der Waals surface area contributed by atoms with Crippen LogP contribution in [-0.4, -0.2) is 19.0 Å². The summed E-state index contributed by atoms with van der Waals surface area (Å²) in [5, 5.41) is 2.33. The summed E-state index contributed by atoms with van der Waals surface area (Å²) in [4.78, 5) is 22.0. The van der Waals surface area contributed by atoms with Gasteiger partial charge in [-0.3, -0.25) is 4.79 Å². The predicted octanol–water partition coefficient (Wildman–Crippen LogP) is 1.18. The van der Waals surface area contributed by atoms with Crippen LogP contribution in [0.15, 0.2) is 24.3 Å². The number of hydrogen-bond acceptors (Lipinski definition) is 3. The van der Waals surface area contributed by atoms with Crippen LogP contribution in [0.3, 0.4) is 0 Å². The third-order valence-corrected chi connectivity index (χ3v) is 2.09. The van der Waals surface area contributed by atoms with Crippen LogP contribution in [0, 0.1) is 5.82 Å². The molecule has 1 atom stereocenters. The van der Waals surface area contributed by atoms with Gasteiger partial charge < -0.3 is 10.1 Å². The first-order valence-corrected chi connectivity index (χ1v) is 4.69. The molecule has 86 valence electrons. The number of carbonyl (C=O) groups excluding carboxylic acids is 2. The highest BCUT2D eigenvalue weighted by Crippen LogP contribution is 2.15. The molecule has 4 nitrogen and oxygen atoms in total. The molecule has 1 unspecified atom stereocenters. The number of rotatable bonds is 2. The molecular weight excluding hydrogens is 213 g/mol. The zero-order chi connectivity index (χ0) is 12.1. The summed E-state index contributed by atoms with van der Waals surface area (Å²) < 4.78 is 17.5. The molecule has 0 aliphatic heterocycles. The summed E-state index contributed by atoms with van der Waals surface area (Å²) in [6, 6.07) is 5.44. The molecule has 0 aromatic heterocycles. The van der Waals surface area contributed by atoms with Gasteiger partial charge in [-0.25, -0.2) is 9.18 Å². The SMILES string of the molecule is COC(=O)C(=O)NC(C)c1ccccc1F. The van der Waals surface area contributed by atoms with Crippen molar-refractivity contribution in [3.63, 3.8) is 0 Å². The fraction of sp³-hybridized carbons (Fsp3) is 0.273. The van der Waals surface area contributed by atoms with Gasteiger partial charge in [0, 0.05) is 5.56 Å². The van der Waals surface area contributed by atoms with Crippen molar-refractivity contribution in [2.24, 2.45) is 0 Å². The highest BCUT2D eigenvalue weighted by Gasteiger charge is 2.18. The van der Waals surface area contributed by atoms with Crippen LogP contribution < -0.4 is 5.32 Å². The van der Waals surface area contributed by atoms with Gasteiger partial charge in [0.1, 0.15) is 5.82 Å². The third kappa shape index (κ3) is 2.79. The molecule has 0 radical (unpaired) electrons. The second-order valence-corrected chi connectivity index (χ2v) is 3.21. The lowest BCUT2D eigenvalue weighted by Gasteiger charge is -2.13. The highest BCUT2D eigenvalue weighted by atomic mass is 19.1. The van der Waals surface area contributed by atoms with E-state index in [0.29, 0.717) is 5.56 Å². The van der Waals surface area contributed by atoms with E-state index < -0.39 is 23.7 Å². The lowest BCUT2D eigenvalue weighted by Crippen LogP contribution is -2.34. The standard InChI is InChI=1S/C11H12FNO3/c1-7(13-10(14)11(15)16-2)8-5-3-4-6-9(8)12/h3-7H,1-2H3,(H,13,14). The average Bonchev–Trinajstić information content (AvgIpc) is 2.28. The molecule has 0 heterocycles. The molecule has 1 N–H and O–H groups in total. The van der Waals surface area contributed by atoms with E-state index in [1.54, 1.807) is 19.1 Å². The zero-order valence-electron chi connectivity index (χ0n) is 8.99. The Kier molecular flexibility index (Phi) is 3.99. The lowest BCUT2D eigenvalue weighted by atomic mass is 10.1. The largest absolute Gasteiger partial charge is 0.462 e. The smallest absolute Gasteiger partial charge is 0.396 e. The third-order valence-electron chi connectivity index (χ3n) is 2.09. The first-order valence-electron chi connectivity index (χ1n) is 4.69. The number of halogens is 1. The summed E-state index contributed by atoms with van der Waals surface area (Å²) in [5.41, 5.74) is 0.319. The molecule has 0 spiro atoms. The van der Waals surface area contributed by atoms with Crippen LogP contribution in [0.4, 0.5) is 4.39 Å². The van der Waals surface area contributed by atoms with Crippen LogP contribution in [0.25, 0.3) is 0 Å². The first kappa shape index (κ1) is 12.2. The summed E-state index contributed by atoms with van der Waals surface area (Å²) in [6.45, 7) is 1.58. The normalized spacial score (nSPS) is 11.7. The summed E-state index contributed by atoms with van der Waals surface area (Å²) in [5.74, 6) is -2.32. The maximum atomic E-state index is 13.3. The van der Waals surface area contributed by atoms with Gasteiger partial charge >= 0.3 is 11.9 Å². The van der Waals surface area contributed by atoms with Crippen LogP contribution in [0.1, 0.15) is 18.5 Å². The van der Waals surface area contributed by atoms with Crippen molar-refractivity contribution in [3.8, 4) is 0 Å². The number of nitrogens with one attached hydrogen (secondary N) is 1. The minimum Gasteiger partial charge on any atom is -0.462 e. The van der Waals surface area contributed by atoms with Crippen LogP contribution in [0.2, 0.25) is 0 Å². The van der Waals surface area contributed by atoms with E-state index >= 15 is 0 Å². The molecule has 1 aromatic carbocycles. The van der Waals surface area contributed by atoms with E-state index in [1.807, 2.05) is 0 Å². The summed E-state index contributed by atoms with van der Waals surface area (Å²) >= 11 is 0. The van der Waals surface area contributed by atoms with Gasteiger partial charge in [0.25, 0.3) is 0 Å².